The SMILES string of the molecule is COC(=O)Cc1ccc(N2CCC(C)(C(=O)O)C2)c([N+](=O)[O-])c1. The number of nitrogens with zero attached hydrogens (tertiary/aromatic N) is 2. The van der Waals surface area contributed by atoms with E-state index in [0.717, 1.165) is 0 Å². The second-order valence-electron chi connectivity index (χ2n) is 5.87. The molecule has 2 rings (SSSR count). The van der Waals surface area contributed by atoms with E-state index in [9.17, 15) is 24.8 Å². The number of esters is 1. The summed E-state index contributed by atoms with van der Waals surface area (Å²) in [7, 11) is 1.25. The molecule has 0 saturated carbocycles. The van der Waals surface area contributed by atoms with Gasteiger partial charge in [0.1, 0.15) is 5.69 Å². The molecule has 1 unspecified atom stereocenters. The molecule has 1 N–H and O–H groups in total. The molecule has 23 heavy (non-hydrogen) atoms. The van der Waals surface area contributed by atoms with Crippen molar-refractivity contribution in [1.82, 2.24) is 0 Å². The minimum Gasteiger partial charge on any atom is -0.481 e. The maximum Gasteiger partial charge on any atom is 0.311 e. The first-order valence-electron chi connectivity index (χ1n) is 7.09. The zero-order valence-electron chi connectivity index (χ0n) is 12.9. The predicted molar refractivity (Wildman–Crippen MR) is 81.4 cm³/mol. The fourth-order valence-corrected chi connectivity index (χ4v) is 2.67. The lowest BCUT2D eigenvalue weighted by molar-refractivity contribution is -0.384. The molecule has 8 heteroatoms. The summed E-state index contributed by atoms with van der Waals surface area (Å²) in [5.74, 6) is -1.39. The molecule has 1 aliphatic heterocycles. The van der Waals surface area contributed by atoms with Crippen molar-refractivity contribution in [2.24, 2.45) is 5.41 Å². The van der Waals surface area contributed by atoms with Crippen LogP contribution in [-0.2, 0) is 20.7 Å². The van der Waals surface area contributed by atoms with E-state index in [0.29, 0.717) is 24.2 Å². The van der Waals surface area contributed by atoms with Crippen LogP contribution in [0.5, 0.6) is 0 Å². The number of rotatable bonds is 5. The van der Waals surface area contributed by atoms with Crippen LogP contribution in [0.3, 0.4) is 0 Å². The van der Waals surface area contributed by atoms with E-state index in [1.807, 2.05) is 0 Å². The summed E-state index contributed by atoms with van der Waals surface area (Å²) in [6.45, 7) is 2.27. The van der Waals surface area contributed by atoms with E-state index < -0.39 is 22.3 Å². The molecule has 0 radical (unpaired) electrons. The highest BCUT2D eigenvalue weighted by atomic mass is 16.6. The fraction of sp³-hybridized carbons (Fsp3) is 0.467. The van der Waals surface area contributed by atoms with Gasteiger partial charge in [0, 0.05) is 19.2 Å². The highest BCUT2D eigenvalue weighted by molar-refractivity contribution is 5.78. The summed E-state index contributed by atoms with van der Waals surface area (Å²) in [5, 5.41) is 20.6. The summed E-state index contributed by atoms with van der Waals surface area (Å²) < 4.78 is 4.55. The largest absolute Gasteiger partial charge is 0.481 e. The predicted octanol–water partition coefficient (Wildman–Crippen LogP) is 1.61. The summed E-state index contributed by atoms with van der Waals surface area (Å²) >= 11 is 0. The molecule has 0 amide bonds. The van der Waals surface area contributed by atoms with Gasteiger partial charge in [-0.2, -0.15) is 0 Å². The molecule has 1 saturated heterocycles. The Morgan fingerprint density at radius 2 is 2.17 bits per heavy atom. The van der Waals surface area contributed by atoms with E-state index in [2.05, 4.69) is 4.74 Å². The van der Waals surface area contributed by atoms with E-state index in [1.54, 1.807) is 24.0 Å². The Hall–Kier alpha value is -2.64. The Kier molecular flexibility index (Phi) is 4.53. The minimum atomic E-state index is -0.918. The van der Waals surface area contributed by atoms with Gasteiger partial charge in [0.2, 0.25) is 0 Å². The molecule has 124 valence electrons. The van der Waals surface area contributed by atoms with E-state index in [1.165, 1.54) is 13.2 Å². The average Bonchev–Trinajstić information content (AvgIpc) is 2.90. The molecule has 0 spiro atoms. The Balaban J connectivity index is 2.31. The molecule has 0 aromatic heterocycles. The van der Waals surface area contributed by atoms with Crippen molar-refractivity contribution < 1.29 is 24.4 Å². The van der Waals surface area contributed by atoms with Crippen LogP contribution in [0.15, 0.2) is 18.2 Å². The number of ether oxygens (including phenoxy) is 1. The van der Waals surface area contributed by atoms with Crippen LogP contribution < -0.4 is 4.90 Å². The number of nitro groups is 1. The van der Waals surface area contributed by atoms with Crippen LogP contribution in [0, 0.1) is 15.5 Å². The topological polar surface area (TPSA) is 110 Å². The molecule has 1 heterocycles. The number of nitro benzene ring substituents is 1. The number of carboxylic acid groups (broad SMARTS) is 1. The standard InChI is InChI=1S/C15H18N2O6/c1-15(14(19)20)5-6-16(9-15)11-4-3-10(8-13(18)23-2)7-12(11)17(21)22/h3-4,7H,5-6,8-9H2,1-2H3,(H,19,20). The molecule has 1 atom stereocenters. The van der Waals surface area contributed by atoms with Crippen LogP contribution >= 0.6 is 0 Å². The molecule has 0 aliphatic carbocycles. The van der Waals surface area contributed by atoms with Gasteiger partial charge < -0.3 is 14.7 Å². The third kappa shape index (κ3) is 3.41. The molecule has 8 nitrogen and oxygen atoms in total. The lowest BCUT2D eigenvalue weighted by Gasteiger charge is -2.21. The van der Waals surface area contributed by atoms with Gasteiger partial charge >= 0.3 is 11.9 Å². The highest BCUT2D eigenvalue weighted by Gasteiger charge is 2.41. The number of carbonyl (C=O) groups is 2. The van der Waals surface area contributed by atoms with Crippen molar-refractivity contribution >= 4 is 23.3 Å². The number of benzene rings is 1. The van der Waals surface area contributed by atoms with Gasteiger partial charge in [-0.3, -0.25) is 19.7 Å². The van der Waals surface area contributed by atoms with Crippen LogP contribution in [0.4, 0.5) is 11.4 Å². The zero-order chi connectivity index (χ0) is 17.2. The van der Waals surface area contributed by atoms with Gasteiger partial charge in [0.15, 0.2) is 0 Å². The number of anilines is 1. The number of aliphatic carboxylic acids is 1. The Bertz CT molecular complexity index is 659. The first kappa shape index (κ1) is 16.7. The summed E-state index contributed by atoms with van der Waals surface area (Å²) in [5.41, 5.74) is -0.208. The number of methoxy groups -OCH3 is 1. The van der Waals surface area contributed by atoms with Crippen molar-refractivity contribution in [2.75, 3.05) is 25.1 Å². The third-order valence-electron chi connectivity index (χ3n) is 4.14. The first-order valence-corrected chi connectivity index (χ1v) is 7.09. The summed E-state index contributed by atoms with van der Waals surface area (Å²) in [6, 6.07) is 4.52. The summed E-state index contributed by atoms with van der Waals surface area (Å²) in [4.78, 5) is 35.1. The lowest BCUT2D eigenvalue weighted by atomic mass is 9.90. The number of carbonyl (C=O) groups excluding carboxylic acids is 1. The van der Waals surface area contributed by atoms with Crippen molar-refractivity contribution in [3.8, 4) is 0 Å². The van der Waals surface area contributed by atoms with Crippen molar-refractivity contribution in [3.05, 3.63) is 33.9 Å². The molecule has 1 aromatic rings. The quantitative estimate of drug-likeness (QED) is 0.498. The van der Waals surface area contributed by atoms with Crippen molar-refractivity contribution in [1.29, 1.82) is 0 Å². The molecular weight excluding hydrogens is 304 g/mol. The normalized spacial score (nSPS) is 20.3. The second kappa shape index (κ2) is 6.23. The van der Waals surface area contributed by atoms with Crippen LogP contribution in [0.2, 0.25) is 0 Å². The second-order valence-corrected chi connectivity index (χ2v) is 5.87. The number of hydrogen-bond donors (Lipinski definition) is 1. The van der Waals surface area contributed by atoms with Crippen LogP contribution in [0.25, 0.3) is 0 Å². The Morgan fingerprint density at radius 3 is 2.70 bits per heavy atom. The molecule has 0 bridgehead atoms. The van der Waals surface area contributed by atoms with Crippen molar-refractivity contribution in [2.45, 2.75) is 19.8 Å². The third-order valence-corrected chi connectivity index (χ3v) is 4.14. The zero-order valence-corrected chi connectivity index (χ0v) is 12.9. The van der Waals surface area contributed by atoms with Gasteiger partial charge in [-0.25, -0.2) is 0 Å². The van der Waals surface area contributed by atoms with Gasteiger partial charge in [-0.05, 0) is 25.0 Å². The average molecular weight is 322 g/mol. The number of carboxylic acids is 1. The van der Waals surface area contributed by atoms with Gasteiger partial charge in [0.05, 0.1) is 23.9 Å². The number of hydrogen-bond acceptors (Lipinski definition) is 6. The Morgan fingerprint density at radius 1 is 1.48 bits per heavy atom. The monoisotopic (exact) mass is 322 g/mol. The van der Waals surface area contributed by atoms with E-state index in [4.69, 9.17) is 0 Å². The van der Waals surface area contributed by atoms with Crippen LogP contribution in [-0.4, -0.2) is 42.2 Å². The smallest absolute Gasteiger partial charge is 0.311 e. The maximum absolute atomic E-state index is 11.3. The summed E-state index contributed by atoms with van der Waals surface area (Å²) in [6.07, 6.45) is 0.369. The van der Waals surface area contributed by atoms with E-state index in [-0.39, 0.29) is 18.7 Å². The Labute approximate surface area is 132 Å². The van der Waals surface area contributed by atoms with Crippen LogP contribution in [0.1, 0.15) is 18.9 Å². The lowest BCUT2D eigenvalue weighted by Crippen LogP contribution is -2.31. The van der Waals surface area contributed by atoms with Gasteiger partial charge in [0.25, 0.3) is 5.69 Å². The van der Waals surface area contributed by atoms with E-state index >= 15 is 0 Å². The molecule has 1 aromatic carbocycles. The molecule has 1 fully saturated rings. The van der Waals surface area contributed by atoms with Gasteiger partial charge in [-0.15, -0.1) is 0 Å². The maximum atomic E-state index is 11.3. The molecular formula is C15H18N2O6. The fourth-order valence-electron chi connectivity index (χ4n) is 2.67. The molecule has 1 aliphatic rings. The van der Waals surface area contributed by atoms with Crippen molar-refractivity contribution in [3.63, 3.8) is 0 Å². The van der Waals surface area contributed by atoms with Gasteiger partial charge in [-0.1, -0.05) is 6.07 Å². The minimum absolute atomic E-state index is 0.0511. The highest BCUT2D eigenvalue weighted by Crippen LogP contribution is 2.38. The first-order chi connectivity index (χ1) is 10.8.